The van der Waals surface area contributed by atoms with Crippen molar-refractivity contribution in [3.05, 3.63) is 121 Å². The minimum atomic E-state index is -1.59. The van der Waals surface area contributed by atoms with E-state index in [0.29, 0.717) is 5.92 Å². The van der Waals surface area contributed by atoms with Crippen molar-refractivity contribution in [1.29, 1.82) is 0 Å². The fraction of sp³-hybridized carbons (Fsp3) is 0.263. The number of nitrogens with zero attached hydrogens (tertiary/aromatic N) is 4. The van der Waals surface area contributed by atoms with Gasteiger partial charge in [-0.05, 0) is 66.8 Å². The Morgan fingerprint density at radius 1 is 0.860 bits per heavy atom. The molecule has 2 atom stereocenters. The largest absolute Gasteiger partial charge is 0.260 e. The molecule has 0 fully saturated rings. The summed E-state index contributed by atoms with van der Waals surface area (Å²) in [4.78, 5) is 9.95. The summed E-state index contributed by atoms with van der Waals surface area (Å²) in [5, 5.41) is 1.55. The highest BCUT2D eigenvalue weighted by Crippen LogP contribution is 2.43. The van der Waals surface area contributed by atoms with Gasteiger partial charge in [0.25, 0.3) is 0 Å². The normalized spacial score (nSPS) is 17.6. The van der Waals surface area contributed by atoms with Crippen molar-refractivity contribution < 1.29 is 9.13 Å². The van der Waals surface area contributed by atoms with Gasteiger partial charge in [0.2, 0.25) is 11.4 Å². The number of aromatic nitrogens is 4. The maximum absolute atomic E-state index is 5.01. The van der Waals surface area contributed by atoms with Crippen LogP contribution in [-0.2, 0) is 12.8 Å². The Morgan fingerprint density at radius 2 is 1.65 bits per heavy atom. The fourth-order valence-corrected chi connectivity index (χ4v) is 8.99. The lowest BCUT2D eigenvalue weighted by Crippen LogP contribution is -2.54. The van der Waals surface area contributed by atoms with Crippen molar-refractivity contribution >= 4 is 19.0 Å². The first-order valence-electron chi connectivity index (χ1n) is 15.6. The molecule has 5 heteroatoms. The summed E-state index contributed by atoms with van der Waals surface area (Å²) in [6, 6.07) is 26.5. The van der Waals surface area contributed by atoms with Gasteiger partial charge in [0, 0.05) is 41.2 Å². The van der Waals surface area contributed by atoms with Gasteiger partial charge >= 0.3 is 0 Å². The molecule has 214 valence electrons. The lowest BCUT2D eigenvalue weighted by molar-refractivity contribution is -0.719. The molecule has 2 unspecified atom stereocenters. The van der Waals surface area contributed by atoms with E-state index in [9.17, 15) is 0 Å². The molecule has 0 radical (unpaired) electrons. The molecule has 0 spiro atoms. The summed E-state index contributed by atoms with van der Waals surface area (Å²) >= 11 is 0. The number of aryl methyl sites for hydroxylation is 2. The predicted octanol–water partition coefficient (Wildman–Crippen LogP) is 7.31. The van der Waals surface area contributed by atoms with E-state index in [1.165, 1.54) is 33.5 Å². The molecule has 2 aliphatic heterocycles. The standard InChI is InChI=1S/C38H40N4Si/c1-6-27-23-36-38-31(14-10-21-40-38)30-17-18-33-32(15-11-20-39-33)34-19-16-29(28-12-8-7-9-13-28)24-41(34)26(2)22-35(30)42(36)25-37(27)43(3,4)5/h7-16,19-21,23-25,30,35H,2,6,17-18,22H2,1,3-5H3/q+2. The average Bonchev–Trinajstić information content (AvgIpc) is 3.03. The Morgan fingerprint density at radius 3 is 2.44 bits per heavy atom. The lowest BCUT2D eigenvalue weighted by Gasteiger charge is -2.32. The van der Waals surface area contributed by atoms with Crippen LogP contribution in [0.5, 0.6) is 0 Å². The zero-order chi connectivity index (χ0) is 29.7. The zero-order valence-corrected chi connectivity index (χ0v) is 26.7. The van der Waals surface area contributed by atoms with E-state index in [1.54, 1.807) is 5.19 Å². The summed E-state index contributed by atoms with van der Waals surface area (Å²) in [5.74, 6) is 0.300. The molecule has 5 aromatic rings. The first kappa shape index (κ1) is 27.6. The van der Waals surface area contributed by atoms with E-state index in [-0.39, 0.29) is 6.04 Å². The number of benzene rings is 1. The van der Waals surface area contributed by atoms with Crippen LogP contribution in [0, 0.1) is 0 Å². The number of fused-ring (bicyclic) bond motifs is 9. The second kappa shape index (κ2) is 10.8. The Kier molecular flexibility index (Phi) is 6.93. The van der Waals surface area contributed by atoms with E-state index < -0.39 is 8.07 Å². The van der Waals surface area contributed by atoms with Gasteiger partial charge in [-0.2, -0.15) is 9.13 Å². The highest BCUT2D eigenvalue weighted by atomic mass is 28.3. The topological polar surface area (TPSA) is 33.5 Å². The SMILES string of the molecule is C=C1CC2C(CCc3ncccc3-c3ccc(-c4ccccc4)c[n+]31)c1cccnc1-c1cc(CC)c([Si](C)(C)C)c[n+]12. The van der Waals surface area contributed by atoms with Crippen LogP contribution in [0.1, 0.15) is 48.5 Å². The number of hydrogen-bond donors (Lipinski definition) is 0. The summed E-state index contributed by atoms with van der Waals surface area (Å²) in [6.07, 6.45) is 12.5. The summed E-state index contributed by atoms with van der Waals surface area (Å²) in [6.45, 7) is 14.5. The van der Waals surface area contributed by atoms with Crippen LogP contribution in [0.3, 0.4) is 0 Å². The van der Waals surface area contributed by atoms with E-state index >= 15 is 0 Å². The van der Waals surface area contributed by atoms with E-state index in [4.69, 9.17) is 16.5 Å². The molecule has 0 bridgehead atoms. The van der Waals surface area contributed by atoms with Gasteiger partial charge in [-0.1, -0.05) is 63.0 Å². The molecule has 6 heterocycles. The van der Waals surface area contributed by atoms with Crippen molar-refractivity contribution in [3.8, 4) is 33.8 Å². The molecular formula is C38H40N4Si+2. The van der Waals surface area contributed by atoms with Crippen molar-refractivity contribution in [2.45, 2.75) is 64.2 Å². The average molecular weight is 581 g/mol. The molecule has 0 N–H and O–H groups in total. The van der Waals surface area contributed by atoms with Crippen LogP contribution in [0.2, 0.25) is 19.6 Å². The summed E-state index contributed by atoms with van der Waals surface area (Å²) in [5.41, 5.74) is 12.1. The van der Waals surface area contributed by atoms with E-state index in [1.807, 2.05) is 12.4 Å². The van der Waals surface area contributed by atoms with Crippen LogP contribution >= 0.6 is 0 Å². The third-order valence-electron chi connectivity index (χ3n) is 9.39. The third kappa shape index (κ3) is 4.86. The van der Waals surface area contributed by atoms with Crippen LogP contribution in [0.15, 0.2) is 104 Å². The monoisotopic (exact) mass is 580 g/mol. The van der Waals surface area contributed by atoms with Gasteiger partial charge in [0.05, 0.1) is 25.8 Å². The van der Waals surface area contributed by atoms with Crippen molar-refractivity contribution in [1.82, 2.24) is 9.97 Å². The number of hydrogen-bond acceptors (Lipinski definition) is 2. The third-order valence-corrected chi connectivity index (χ3v) is 11.5. The Hall–Kier alpha value is -4.22. The van der Waals surface area contributed by atoms with Crippen molar-refractivity contribution in [2.75, 3.05) is 0 Å². The van der Waals surface area contributed by atoms with Crippen molar-refractivity contribution in [3.63, 3.8) is 0 Å². The second-order valence-corrected chi connectivity index (χ2v) is 18.1. The van der Waals surface area contributed by atoms with Crippen molar-refractivity contribution in [2.24, 2.45) is 0 Å². The maximum atomic E-state index is 5.01. The molecule has 0 saturated carbocycles. The van der Waals surface area contributed by atoms with Crippen LogP contribution < -0.4 is 14.3 Å². The minimum Gasteiger partial charge on any atom is -0.260 e. The van der Waals surface area contributed by atoms with Gasteiger partial charge in [-0.15, -0.1) is 0 Å². The molecular weight excluding hydrogens is 541 g/mol. The molecule has 2 aliphatic rings. The van der Waals surface area contributed by atoms with Gasteiger partial charge in [-0.25, -0.2) is 4.98 Å². The highest BCUT2D eigenvalue weighted by Gasteiger charge is 2.44. The second-order valence-electron chi connectivity index (χ2n) is 13.1. The van der Waals surface area contributed by atoms with Gasteiger partial charge in [-0.3, -0.25) is 4.98 Å². The molecule has 7 rings (SSSR count). The van der Waals surface area contributed by atoms with E-state index in [0.717, 1.165) is 48.5 Å². The quantitative estimate of drug-likeness (QED) is 0.166. The Bertz CT molecular complexity index is 1850. The van der Waals surface area contributed by atoms with Crippen LogP contribution in [0.25, 0.3) is 39.5 Å². The Labute approximate surface area is 256 Å². The lowest BCUT2D eigenvalue weighted by atomic mass is 9.79. The first-order chi connectivity index (χ1) is 20.8. The summed E-state index contributed by atoms with van der Waals surface area (Å²) < 4.78 is 4.92. The predicted molar refractivity (Wildman–Crippen MR) is 178 cm³/mol. The first-order valence-corrected chi connectivity index (χ1v) is 19.1. The molecule has 4 nitrogen and oxygen atoms in total. The summed E-state index contributed by atoms with van der Waals surface area (Å²) in [7, 11) is -1.59. The van der Waals surface area contributed by atoms with Crippen LogP contribution in [-0.4, -0.2) is 18.0 Å². The molecule has 0 saturated heterocycles. The number of rotatable bonds is 3. The number of pyridine rings is 4. The van der Waals surface area contributed by atoms with Gasteiger partial charge < -0.3 is 0 Å². The molecule has 4 aromatic heterocycles. The van der Waals surface area contributed by atoms with Crippen LogP contribution in [0.4, 0.5) is 0 Å². The molecule has 0 amide bonds. The minimum absolute atomic E-state index is 0.228. The van der Waals surface area contributed by atoms with Gasteiger partial charge in [0.1, 0.15) is 5.69 Å². The molecule has 43 heavy (non-hydrogen) atoms. The number of allylic oxidation sites excluding steroid dienone is 1. The maximum Gasteiger partial charge on any atom is 0.231 e. The van der Waals surface area contributed by atoms with E-state index in [2.05, 4.69) is 121 Å². The molecule has 0 aliphatic carbocycles. The highest BCUT2D eigenvalue weighted by molar-refractivity contribution is 6.89. The van der Waals surface area contributed by atoms with Gasteiger partial charge in [0.15, 0.2) is 24.1 Å². The zero-order valence-electron chi connectivity index (χ0n) is 25.7. The fourth-order valence-electron chi connectivity index (χ4n) is 7.25. The molecule has 1 aromatic carbocycles. The smallest absolute Gasteiger partial charge is 0.231 e. The Balaban J connectivity index is 1.45.